The van der Waals surface area contributed by atoms with Gasteiger partial charge in [-0.25, -0.2) is 9.59 Å². The Labute approximate surface area is 134 Å². The third kappa shape index (κ3) is 5.50. The molecule has 0 radical (unpaired) electrons. The highest BCUT2D eigenvalue weighted by molar-refractivity contribution is 9.11. The Morgan fingerprint density at radius 2 is 2.05 bits per heavy atom. The van der Waals surface area contributed by atoms with Crippen LogP contribution in [-0.4, -0.2) is 23.1 Å². The summed E-state index contributed by atoms with van der Waals surface area (Å²) in [6, 6.07) is 3.89. The molecule has 7 heteroatoms. The van der Waals surface area contributed by atoms with Gasteiger partial charge in [0.2, 0.25) is 0 Å². The molecule has 1 aromatic rings. The van der Waals surface area contributed by atoms with Gasteiger partial charge < -0.3 is 15.7 Å². The molecule has 5 nitrogen and oxygen atoms in total. The molecule has 1 rings (SSSR count). The van der Waals surface area contributed by atoms with Gasteiger partial charge in [0.15, 0.2) is 0 Å². The number of nitrogens with one attached hydrogen (secondary N) is 2. The molecule has 2 amide bonds. The summed E-state index contributed by atoms with van der Waals surface area (Å²) in [5.41, 5.74) is 0.574. The first-order valence-electron chi connectivity index (χ1n) is 6.19. The lowest BCUT2D eigenvalue weighted by Gasteiger charge is -2.15. The van der Waals surface area contributed by atoms with Gasteiger partial charge in [0.05, 0.1) is 5.69 Å². The zero-order chi connectivity index (χ0) is 15.1. The van der Waals surface area contributed by atoms with Crippen LogP contribution in [0.15, 0.2) is 27.1 Å². The maximum Gasteiger partial charge on any atom is 0.326 e. The molecule has 0 bridgehead atoms. The number of benzene rings is 1. The van der Waals surface area contributed by atoms with E-state index in [0.29, 0.717) is 16.6 Å². The van der Waals surface area contributed by atoms with Crippen molar-refractivity contribution in [3.63, 3.8) is 0 Å². The van der Waals surface area contributed by atoms with Crippen molar-refractivity contribution in [3.8, 4) is 0 Å². The van der Waals surface area contributed by atoms with Crippen LogP contribution in [-0.2, 0) is 4.79 Å². The number of carboxylic acid groups (broad SMARTS) is 1. The standard InChI is InChI=1S/C13H16Br2N2O3/c1-2-3-4-11(12(18)19)17-13(20)16-10-6-5-8(14)7-9(10)15/h5-7,11H,2-4H2,1H3,(H,18,19)(H2,16,17,20). The molecule has 0 aliphatic carbocycles. The van der Waals surface area contributed by atoms with Crippen molar-refractivity contribution in [2.45, 2.75) is 32.2 Å². The van der Waals surface area contributed by atoms with Crippen LogP contribution in [0.4, 0.5) is 10.5 Å². The fourth-order valence-electron chi connectivity index (χ4n) is 1.57. The monoisotopic (exact) mass is 406 g/mol. The maximum absolute atomic E-state index is 11.8. The lowest BCUT2D eigenvalue weighted by molar-refractivity contribution is -0.139. The molecule has 20 heavy (non-hydrogen) atoms. The Morgan fingerprint density at radius 3 is 2.60 bits per heavy atom. The van der Waals surface area contributed by atoms with Gasteiger partial charge in [0.25, 0.3) is 0 Å². The molecule has 0 saturated heterocycles. The van der Waals surface area contributed by atoms with E-state index < -0.39 is 18.0 Å². The van der Waals surface area contributed by atoms with Crippen LogP contribution in [0.25, 0.3) is 0 Å². The fourth-order valence-corrected chi connectivity index (χ4v) is 2.72. The lowest BCUT2D eigenvalue weighted by Crippen LogP contribution is -2.43. The number of anilines is 1. The van der Waals surface area contributed by atoms with E-state index in [0.717, 1.165) is 17.3 Å². The molecule has 0 heterocycles. The first-order valence-corrected chi connectivity index (χ1v) is 7.78. The smallest absolute Gasteiger partial charge is 0.326 e. The van der Waals surface area contributed by atoms with Crippen molar-refractivity contribution in [3.05, 3.63) is 27.1 Å². The number of hydrogen-bond acceptors (Lipinski definition) is 2. The topological polar surface area (TPSA) is 78.4 Å². The highest BCUT2D eigenvalue weighted by atomic mass is 79.9. The van der Waals surface area contributed by atoms with Gasteiger partial charge in [0.1, 0.15) is 6.04 Å². The number of amides is 2. The molecule has 1 unspecified atom stereocenters. The predicted octanol–water partition coefficient (Wildman–Crippen LogP) is 3.98. The largest absolute Gasteiger partial charge is 0.480 e. The Morgan fingerprint density at radius 1 is 1.35 bits per heavy atom. The van der Waals surface area contributed by atoms with E-state index in [1.54, 1.807) is 18.2 Å². The summed E-state index contributed by atoms with van der Waals surface area (Å²) in [7, 11) is 0. The van der Waals surface area contributed by atoms with Gasteiger partial charge in [-0.05, 0) is 40.5 Å². The normalized spacial score (nSPS) is 11.8. The predicted molar refractivity (Wildman–Crippen MR) is 84.9 cm³/mol. The third-order valence-corrected chi connectivity index (χ3v) is 3.78. The van der Waals surface area contributed by atoms with Crippen molar-refractivity contribution < 1.29 is 14.7 Å². The first kappa shape index (κ1) is 17.0. The van der Waals surface area contributed by atoms with Crippen LogP contribution in [0, 0.1) is 0 Å². The van der Waals surface area contributed by atoms with Gasteiger partial charge in [-0.15, -0.1) is 0 Å². The van der Waals surface area contributed by atoms with Crippen molar-refractivity contribution >= 4 is 49.5 Å². The second-order valence-corrected chi connectivity index (χ2v) is 6.03. The summed E-state index contributed by atoms with van der Waals surface area (Å²) < 4.78 is 1.59. The van der Waals surface area contributed by atoms with Gasteiger partial charge in [-0.1, -0.05) is 35.7 Å². The van der Waals surface area contributed by atoms with E-state index in [2.05, 4.69) is 42.5 Å². The van der Waals surface area contributed by atoms with E-state index in [-0.39, 0.29) is 0 Å². The Hall–Kier alpha value is -1.08. The number of urea groups is 1. The summed E-state index contributed by atoms with van der Waals surface area (Å²) in [6.07, 6.45) is 2.05. The van der Waals surface area contributed by atoms with Crippen LogP contribution < -0.4 is 10.6 Å². The first-order chi connectivity index (χ1) is 9.43. The van der Waals surface area contributed by atoms with Gasteiger partial charge in [0, 0.05) is 8.95 Å². The second kappa shape index (κ2) is 8.26. The number of halogens is 2. The number of carboxylic acids is 1. The van der Waals surface area contributed by atoms with E-state index in [9.17, 15) is 9.59 Å². The molecule has 0 saturated carbocycles. The molecule has 3 N–H and O–H groups in total. The number of rotatable bonds is 6. The van der Waals surface area contributed by atoms with E-state index >= 15 is 0 Å². The number of aliphatic carboxylic acids is 1. The number of carbonyl (C=O) groups is 2. The zero-order valence-electron chi connectivity index (χ0n) is 11.0. The molecular weight excluding hydrogens is 392 g/mol. The fraction of sp³-hybridized carbons (Fsp3) is 0.385. The summed E-state index contributed by atoms with van der Waals surface area (Å²) in [5, 5.41) is 14.1. The van der Waals surface area contributed by atoms with E-state index in [4.69, 9.17) is 5.11 Å². The van der Waals surface area contributed by atoms with Crippen molar-refractivity contribution in [1.82, 2.24) is 5.32 Å². The van der Waals surface area contributed by atoms with E-state index in [1.165, 1.54) is 0 Å². The third-order valence-electron chi connectivity index (χ3n) is 2.63. The number of carbonyl (C=O) groups excluding carboxylic acids is 1. The van der Waals surface area contributed by atoms with Crippen LogP contribution in [0.5, 0.6) is 0 Å². The molecule has 1 atom stereocenters. The minimum Gasteiger partial charge on any atom is -0.480 e. The van der Waals surface area contributed by atoms with Gasteiger partial charge in [-0.2, -0.15) is 0 Å². The van der Waals surface area contributed by atoms with Gasteiger partial charge >= 0.3 is 12.0 Å². The summed E-state index contributed by atoms with van der Waals surface area (Å²) in [5.74, 6) is -1.02. The highest BCUT2D eigenvalue weighted by Gasteiger charge is 2.19. The quantitative estimate of drug-likeness (QED) is 0.667. The Bertz CT molecular complexity index is 495. The van der Waals surface area contributed by atoms with Crippen LogP contribution in [0.1, 0.15) is 26.2 Å². The summed E-state index contributed by atoms with van der Waals surface area (Å²) in [6.45, 7) is 1.97. The average molecular weight is 408 g/mol. The molecular formula is C13H16Br2N2O3. The van der Waals surface area contributed by atoms with Crippen molar-refractivity contribution in [2.24, 2.45) is 0 Å². The lowest BCUT2D eigenvalue weighted by atomic mass is 10.1. The number of unbranched alkanes of at least 4 members (excludes halogenated alkanes) is 1. The van der Waals surface area contributed by atoms with Crippen LogP contribution in [0.2, 0.25) is 0 Å². The van der Waals surface area contributed by atoms with Gasteiger partial charge in [-0.3, -0.25) is 0 Å². The van der Waals surface area contributed by atoms with Crippen molar-refractivity contribution in [1.29, 1.82) is 0 Å². The highest BCUT2D eigenvalue weighted by Crippen LogP contribution is 2.26. The molecule has 1 aromatic carbocycles. The van der Waals surface area contributed by atoms with Crippen LogP contribution >= 0.6 is 31.9 Å². The molecule has 0 aliphatic rings. The molecule has 0 fully saturated rings. The molecule has 0 spiro atoms. The molecule has 0 aromatic heterocycles. The maximum atomic E-state index is 11.8. The van der Waals surface area contributed by atoms with Crippen molar-refractivity contribution in [2.75, 3.05) is 5.32 Å². The average Bonchev–Trinajstić information content (AvgIpc) is 2.37. The zero-order valence-corrected chi connectivity index (χ0v) is 14.1. The molecule has 0 aliphatic heterocycles. The van der Waals surface area contributed by atoms with E-state index in [1.807, 2.05) is 6.92 Å². The summed E-state index contributed by atoms with van der Waals surface area (Å²) >= 11 is 6.64. The SMILES string of the molecule is CCCCC(NC(=O)Nc1ccc(Br)cc1Br)C(=O)O. The minimum atomic E-state index is -1.02. The van der Waals surface area contributed by atoms with Crippen LogP contribution in [0.3, 0.4) is 0 Å². The second-order valence-electron chi connectivity index (χ2n) is 4.26. The Balaban J connectivity index is 2.63. The summed E-state index contributed by atoms with van der Waals surface area (Å²) in [4.78, 5) is 22.9. The Kier molecular flexibility index (Phi) is 7.01. The minimum absolute atomic E-state index is 0.417. The molecule has 110 valence electrons. The number of hydrogen-bond donors (Lipinski definition) is 3.